The molecule has 0 aliphatic rings. The van der Waals surface area contributed by atoms with Crippen LogP contribution in [0.15, 0.2) is 72.8 Å². The van der Waals surface area contributed by atoms with E-state index in [1.165, 1.54) is 33.8 Å². The fourth-order valence-corrected chi connectivity index (χ4v) is 2.95. The number of hydrogen-bond donors (Lipinski definition) is 0. The Morgan fingerprint density at radius 3 is 1.16 bits per heavy atom. The van der Waals surface area contributed by atoms with E-state index in [0.717, 1.165) is 0 Å². The van der Waals surface area contributed by atoms with Gasteiger partial charge in [0.2, 0.25) is 0 Å². The molecule has 3 rings (SSSR count). The molecule has 0 saturated heterocycles. The van der Waals surface area contributed by atoms with Crippen molar-refractivity contribution in [1.82, 2.24) is 0 Å². The van der Waals surface area contributed by atoms with Crippen LogP contribution in [0.3, 0.4) is 0 Å². The van der Waals surface area contributed by atoms with Gasteiger partial charge in [-0.1, -0.05) is 68.3 Å². The van der Waals surface area contributed by atoms with Crippen molar-refractivity contribution in [3.63, 3.8) is 0 Å². The molecule has 128 valence electrons. The molecule has 25 heavy (non-hydrogen) atoms. The number of rotatable bonds is 3. The molecule has 0 amide bonds. The van der Waals surface area contributed by atoms with Crippen LogP contribution in [0.25, 0.3) is 0 Å². The molecular weight excluding hydrogens is 302 g/mol. The molecule has 0 aliphatic carbocycles. The summed E-state index contributed by atoms with van der Waals surface area (Å²) in [4.78, 5) is 2.31. The lowest BCUT2D eigenvalue weighted by atomic mass is 9.87. The minimum absolute atomic E-state index is 0.164. The monoisotopic (exact) mass is 329 g/mol. The molecule has 1 heteroatoms. The first-order valence-corrected chi connectivity index (χ1v) is 8.88. The molecule has 0 N–H and O–H groups in total. The third-order valence-electron chi connectivity index (χ3n) is 4.58. The fourth-order valence-electron chi connectivity index (χ4n) is 2.95. The largest absolute Gasteiger partial charge is 0.311 e. The smallest absolute Gasteiger partial charge is 0.0461 e. The highest BCUT2D eigenvalue weighted by atomic mass is 15.1. The van der Waals surface area contributed by atoms with Crippen LogP contribution in [0.1, 0.15) is 37.5 Å². The molecule has 0 spiro atoms. The minimum Gasteiger partial charge on any atom is -0.311 e. The summed E-state index contributed by atoms with van der Waals surface area (Å²) in [5.41, 5.74) is 7.60. The van der Waals surface area contributed by atoms with Gasteiger partial charge in [0.1, 0.15) is 0 Å². The van der Waals surface area contributed by atoms with Gasteiger partial charge in [0.25, 0.3) is 0 Å². The van der Waals surface area contributed by atoms with E-state index in [1.807, 2.05) is 0 Å². The maximum Gasteiger partial charge on any atom is 0.0461 e. The van der Waals surface area contributed by atoms with Crippen molar-refractivity contribution >= 4 is 17.1 Å². The van der Waals surface area contributed by atoms with E-state index < -0.39 is 0 Å². The standard InChI is InChI=1S/C24H27N/c1-18-6-12-21(13-7-18)25(22-14-8-19(2)9-15-22)23-16-10-20(11-17-23)24(3,4)5/h6-17H,1-5H3. The van der Waals surface area contributed by atoms with Crippen LogP contribution in [0.2, 0.25) is 0 Å². The van der Waals surface area contributed by atoms with Crippen molar-refractivity contribution in [3.8, 4) is 0 Å². The summed E-state index contributed by atoms with van der Waals surface area (Å²) < 4.78 is 0. The van der Waals surface area contributed by atoms with Crippen LogP contribution in [-0.2, 0) is 5.41 Å². The molecule has 0 heterocycles. The number of anilines is 3. The molecule has 3 aromatic rings. The lowest BCUT2D eigenvalue weighted by Crippen LogP contribution is -2.13. The van der Waals surface area contributed by atoms with Crippen LogP contribution < -0.4 is 4.90 Å². The predicted molar refractivity (Wildman–Crippen MR) is 109 cm³/mol. The Balaban J connectivity index is 2.07. The van der Waals surface area contributed by atoms with Gasteiger partial charge in [0, 0.05) is 17.1 Å². The van der Waals surface area contributed by atoms with E-state index in [4.69, 9.17) is 0 Å². The van der Waals surface area contributed by atoms with Crippen LogP contribution >= 0.6 is 0 Å². The molecule has 0 radical (unpaired) electrons. The summed E-state index contributed by atoms with van der Waals surface area (Å²) in [5, 5.41) is 0. The van der Waals surface area contributed by atoms with E-state index in [1.54, 1.807) is 0 Å². The summed E-state index contributed by atoms with van der Waals surface area (Å²) in [6.45, 7) is 11.0. The molecule has 0 aliphatic heterocycles. The highest BCUT2D eigenvalue weighted by Gasteiger charge is 2.16. The minimum atomic E-state index is 0.164. The Labute approximate surface area is 151 Å². The van der Waals surface area contributed by atoms with Crippen molar-refractivity contribution in [2.45, 2.75) is 40.0 Å². The summed E-state index contributed by atoms with van der Waals surface area (Å²) in [7, 11) is 0. The van der Waals surface area contributed by atoms with Gasteiger partial charge in [-0.2, -0.15) is 0 Å². The third kappa shape index (κ3) is 3.93. The zero-order valence-corrected chi connectivity index (χ0v) is 15.9. The summed E-state index contributed by atoms with van der Waals surface area (Å²) >= 11 is 0. The summed E-state index contributed by atoms with van der Waals surface area (Å²) in [5.74, 6) is 0. The van der Waals surface area contributed by atoms with E-state index in [9.17, 15) is 0 Å². The van der Waals surface area contributed by atoms with Crippen LogP contribution in [-0.4, -0.2) is 0 Å². The molecule has 0 bridgehead atoms. The van der Waals surface area contributed by atoms with E-state index in [-0.39, 0.29) is 5.41 Å². The number of benzene rings is 3. The van der Waals surface area contributed by atoms with Gasteiger partial charge in [0.05, 0.1) is 0 Å². The first-order valence-electron chi connectivity index (χ1n) is 8.88. The number of aryl methyl sites for hydroxylation is 2. The average molecular weight is 329 g/mol. The zero-order chi connectivity index (χ0) is 18.0. The Hall–Kier alpha value is -2.54. The van der Waals surface area contributed by atoms with Crippen molar-refractivity contribution in [1.29, 1.82) is 0 Å². The molecule has 1 nitrogen and oxygen atoms in total. The van der Waals surface area contributed by atoms with Crippen molar-refractivity contribution in [3.05, 3.63) is 89.5 Å². The van der Waals surface area contributed by atoms with Crippen LogP contribution in [0.4, 0.5) is 17.1 Å². The Kier molecular flexibility index (Phi) is 4.67. The maximum absolute atomic E-state index is 2.31. The van der Waals surface area contributed by atoms with Gasteiger partial charge in [-0.25, -0.2) is 0 Å². The van der Waals surface area contributed by atoms with E-state index >= 15 is 0 Å². The molecular formula is C24H27N. The predicted octanol–water partition coefficient (Wildman–Crippen LogP) is 7.07. The Morgan fingerprint density at radius 1 is 0.520 bits per heavy atom. The van der Waals surface area contributed by atoms with Crippen molar-refractivity contribution < 1.29 is 0 Å². The fraction of sp³-hybridized carbons (Fsp3) is 0.250. The van der Waals surface area contributed by atoms with Crippen LogP contribution in [0, 0.1) is 13.8 Å². The molecule has 3 aromatic carbocycles. The van der Waals surface area contributed by atoms with Gasteiger partial charge in [-0.05, 0) is 61.2 Å². The van der Waals surface area contributed by atoms with Crippen LogP contribution in [0.5, 0.6) is 0 Å². The third-order valence-corrected chi connectivity index (χ3v) is 4.58. The molecule has 0 saturated carbocycles. The summed E-state index contributed by atoms with van der Waals surface area (Å²) in [6, 6.07) is 26.3. The molecule has 0 fully saturated rings. The van der Waals surface area contributed by atoms with Gasteiger partial charge in [-0.15, -0.1) is 0 Å². The second-order valence-corrected chi connectivity index (χ2v) is 7.80. The summed E-state index contributed by atoms with van der Waals surface area (Å²) in [6.07, 6.45) is 0. The van der Waals surface area contributed by atoms with E-state index in [2.05, 4.69) is 112 Å². The highest BCUT2D eigenvalue weighted by Crippen LogP contribution is 2.35. The first-order chi connectivity index (χ1) is 11.8. The maximum atomic E-state index is 2.31. The highest BCUT2D eigenvalue weighted by molar-refractivity contribution is 5.76. The average Bonchev–Trinajstić information content (AvgIpc) is 2.58. The topological polar surface area (TPSA) is 3.24 Å². The quantitative estimate of drug-likeness (QED) is 0.496. The van der Waals surface area contributed by atoms with Gasteiger partial charge >= 0.3 is 0 Å². The van der Waals surface area contributed by atoms with Crippen molar-refractivity contribution in [2.75, 3.05) is 4.90 Å². The van der Waals surface area contributed by atoms with Gasteiger partial charge in [0.15, 0.2) is 0 Å². The van der Waals surface area contributed by atoms with Gasteiger partial charge in [-0.3, -0.25) is 0 Å². The lowest BCUT2D eigenvalue weighted by Gasteiger charge is -2.27. The second kappa shape index (κ2) is 6.76. The Morgan fingerprint density at radius 2 is 0.840 bits per heavy atom. The Bertz CT molecular complexity index is 774. The zero-order valence-electron chi connectivity index (χ0n) is 15.9. The van der Waals surface area contributed by atoms with Crippen molar-refractivity contribution in [2.24, 2.45) is 0 Å². The number of nitrogens with zero attached hydrogens (tertiary/aromatic N) is 1. The lowest BCUT2D eigenvalue weighted by molar-refractivity contribution is 0.590. The molecule has 0 atom stereocenters. The molecule has 0 unspecified atom stereocenters. The van der Waals surface area contributed by atoms with Gasteiger partial charge < -0.3 is 4.90 Å². The molecule has 0 aromatic heterocycles. The second-order valence-electron chi connectivity index (χ2n) is 7.80. The first kappa shape index (κ1) is 17.3. The van der Waals surface area contributed by atoms with E-state index in [0.29, 0.717) is 0 Å². The number of hydrogen-bond acceptors (Lipinski definition) is 1. The normalized spacial score (nSPS) is 11.4. The SMILES string of the molecule is Cc1ccc(N(c2ccc(C)cc2)c2ccc(C(C)(C)C)cc2)cc1.